The lowest BCUT2D eigenvalue weighted by molar-refractivity contribution is 0.0951. The van der Waals surface area contributed by atoms with Crippen molar-refractivity contribution < 1.29 is 14.3 Å². The van der Waals surface area contributed by atoms with Gasteiger partial charge in [0, 0.05) is 41.6 Å². The van der Waals surface area contributed by atoms with Crippen LogP contribution < -0.4 is 5.32 Å². The van der Waals surface area contributed by atoms with E-state index in [4.69, 9.17) is 5.11 Å². The third-order valence-corrected chi connectivity index (χ3v) is 4.70. The normalized spacial score (nSPS) is 11.0. The number of nitrogens with zero attached hydrogens (tertiary/aromatic N) is 1. The summed E-state index contributed by atoms with van der Waals surface area (Å²) >= 11 is 0. The van der Waals surface area contributed by atoms with Gasteiger partial charge in [0.2, 0.25) is 0 Å². The molecule has 0 saturated carbocycles. The van der Waals surface area contributed by atoms with E-state index in [1.165, 1.54) is 12.1 Å². The Labute approximate surface area is 167 Å². The molecule has 0 atom stereocenters. The number of aliphatic hydroxyl groups is 1. The number of aromatic nitrogens is 2. The molecule has 4 aromatic rings. The van der Waals surface area contributed by atoms with E-state index in [-0.39, 0.29) is 18.3 Å². The molecule has 0 bridgehead atoms. The molecule has 5 nitrogen and oxygen atoms in total. The first-order valence-electron chi connectivity index (χ1n) is 9.38. The first-order valence-corrected chi connectivity index (χ1v) is 9.38. The zero-order valence-electron chi connectivity index (χ0n) is 15.7. The van der Waals surface area contributed by atoms with Gasteiger partial charge in [-0.15, -0.1) is 0 Å². The van der Waals surface area contributed by atoms with Crippen molar-refractivity contribution in [1.82, 2.24) is 15.3 Å². The summed E-state index contributed by atoms with van der Waals surface area (Å²) in [4.78, 5) is 20.0. The van der Waals surface area contributed by atoms with Crippen molar-refractivity contribution in [3.63, 3.8) is 0 Å². The molecular weight excluding hydrogens is 369 g/mol. The SMILES string of the molecule is O=C(NCCCO)c1cccc(-c2cnc3[nH]c(-c4ccc(F)cc4)cc3c2)c1. The van der Waals surface area contributed by atoms with Crippen molar-refractivity contribution in [2.24, 2.45) is 0 Å². The maximum absolute atomic E-state index is 13.2. The van der Waals surface area contributed by atoms with Crippen molar-refractivity contribution in [2.75, 3.05) is 13.2 Å². The van der Waals surface area contributed by atoms with E-state index in [1.54, 1.807) is 24.4 Å². The second kappa shape index (κ2) is 8.24. The molecule has 4 rings (SSSR count). The van der Waals surface area contributed by atoms with Gasteiger partial charge in [-0.1, -0.05) is 12.1 Å². The van der Waals surface area contributed by atoms with E-state index in [2.05, 4.69) is 15.3 Å². The summed E-state index contributed by atoms with van der Waals surface area (Å²) in [6.45, 7) is 0.477. The van der Waals surface area contributed by atoms with Gasteiger partial charge in [0.05, 0.1) is 0 Å². The summed E-state index contributed by atoms with van der Waals surface area (Å²) in [5.41, 5.74) is 4.83. The second-order valence-corrected chi connectivity index (χ2v) is 6.77. The van der Waals surface area contributed by atoms with Gasteiger partial charge in [-0.25, -0.2) is 9.37 Å². The molecule has 2 aromatic carbocycles. The summed E-state index contributed by atoms with van der Waals surface area (Å²) in [7, 11) is 0. The number of halogens is 1. The van der Waals surface area contributed by atoms with Crippen LogP contribution in [0.25, 0.3) is 33.4 Å². The molecule has 2 aromatic heterocycles. The number of amides is 1. The minimum absolute atomic E-state index is 0.0442. The Hall–Kier alpha value is -3.51. The van der Waals surface area contributed by atoms with Crippen LogP contribution >= 0.6 is 0 Å². The molecule has 29 heavy (non-hydrogen) atoms. The fourth-order valence-corrected chi connectivity index (χ4v) is 3.18. The number of aromatic amines is 1. The van der Waals surface area contributed by atoms with Crippen LogP contribution in [0.5, 0.6) is 0 Å². The van der Waals surface area contributed by atoms with E-state index < -0.39 is 0 Å². The van der Waals surface area contributed by atoms with Crippen molar-refractivity contribution in [3.05, 3.63) is 78.2 Å². The molecule has 146 valence electrons. The highest BCUT2D eigenvalue weighted by Gasteiger charge is 2.09. The number of hydrogen-bond donors (Lipinski definition) is 3. The quantitative estimate of drug-likeness (QED) is 0.434. The monoisotopic (exact) mass is 389 g/mol. The summed E-state index contributed by atoms with van der Waals surface area (Å²) < 4.78 is 13.2. The maximum atomic E-state index is 13.2. The molecule has 0 aliphatic heterocycles. The number of H-pyrrole nitrogens is 1. The molecule has 0 fully saturated rings. The lowest BCUT2D eigenvalue weighted by Crippen LogP contribution is -2.24. The fourth-order valence-electron chi connectivity index (χ4n) is 3.18. The molecule has 0 radical (unpaired) electrons. The third kappa shape index (κ3) is 4.17. The number of pyridine rings is 1. The number of fused-ring (bicyclic) bond motifs is 1. The van der Waals surface area contributed by atoms with Crippen LogP contribution in [0.2, 0.25) is 0 Å². The van der Waals surface area contributed by atoms with Crippen LogP contribution in [-0.4, -0.2) is 34.1 Å². The van der Waals surface area contributed by atoms with Gasteiger partial charge in [-0.3, -0.25) is 4.79 Å². The van der Waals surface area contributed by atoms with Crippen LogP contribution in [0, 0.1) is 5.82 Å². The van der Waals surface area contributed by atoms with Crippen LogP contribution in [0.15, 0.2) is 66.9 Å². The molecule has 0 spiro atoms. The molecular formula is C23H20FN3O2. The Morgan fingerprint density at radius 3 is 2.66 bits per heavy atom. The Kier molecular flexibility index (Phi) is 5.35. The highest BCUT2D eigenvalue weighted by atomic mass is 19.1. The summed E-state index contributed by atoms with van der Waals surface area (Å²) in [6.07, 6.45) is 2.28. The van der Waals surface area contributed by atoms with Crippen LogP contribution in [0.4, 0.5) is 4.39 Å². The Morgan fingerprint density at radius 1 is 1.03 bits per heavy atom. The summed E-state index contributed by atoms with van der Waals surface area (Å²) in [5.74, 6) is -0.444. The van der Waals surface area contributed by atoms with Crippen molar-refractivity contribution in [2.45, 2.75) is 6.42 Å². The molecule has 1 amide bonds. The number of carbonyl (C=O) groups is 1. The number of rotatable bonds is 6. The Bertz CT molecular complexity index is 1150. The van der Waals surface area contributed by atoms with Crippen LogP contribution in [0.1, 0.15) is 16.8 Å². The van der Waals surface area contributed by atoms with E-state index in [0.717, 1.165) is 33.4 Å². The van der Waals surface area contributed by atoms with E-state index in [0.29, 0.717) is 18.5 Å². The predicted molar refractivity (Wildman–Crippen MR) is 111 cm³/mol. The van der Waals surface area contributed by atoms with Crippen molar-refractivity contribution in [3.8, 4) is 22.4 Å². The minimum atomic E-state index is -0.273. The topological polar surface area (TPSA) is 78.0 Å². The van der Waals surface area contributed by atoms with E-state index >= 15 is 0 Å². The zero-order valence-corrected chi connectivity index (χ0v) is 15.7. The zero-order chi connectivity index (χ0) is 20.2. The van der Waals surface area contributed by atoms with Gasteiger partial charge in [0.1, 0.15) is 11.5 Å². The highest BCUT2D eigenvalue weighted by molar-refractivity contribution is 5.95. The van der Waals surface area contributed by atoms with Gasteiger partial charge >= 0.3 is 0 Å². The van der Waals surface area contributed by atoms with E-state index in [1.807, 2.05) is 30.3 Å². The third-order valence-electron chi connectivity index (χ3n) is 4.70. The second-order valence-electron chi connectivity index (χ2n) is 6.77. The van der Waals surface area contributed by atoms with Crippen LogP contribution in [0.3, 0.4) is 0 Å². The average molecular weight is 389 g/mol. The van der Waals surface area contributed by atoms with E-state index in [9.17, 15) is 9.18 Å². The predicted octanol–water partition coefficient (Wildman–Crippen LogP) is 4.15. The van der Waals surface area contributed by atoms with Gasteiger partial charge in [-0.2, -0.15) is 0 Å². The number of nitrogens with one attached hydrogen (secondary N) is 2. The minimum Gasteiger partial charge on any atom is -0.396 e. The van der Waals surface area contributed by atoms with Gasteiger partial charge in [-0.05, 0) is 66.1 Å². The largest absolute Gasteiger partial charge is 0.396 e. The Balaban J connectivity index is 1.62. The maximum Gasteiger partial charge on any atom is 0.251 e. The molecule has 0 aliphatic carbocycles. The first-order chi connectivity index (χ1) is 14.1. The molecule has 2 heterocycles. The lowest BCUT2D eigenvalue weighted by atomic mass is 10.0. The molecule has 0 aliphatic rings. The average Bonchev–Trinajstić information content (AvgIpc) is 3.18. The van der Waals surface area contributed by atoms with Gasteiger partial charge < -0.3 is 15.4 Å². The molecule has 0 unspecified atom stereocenters. The smallest absolute Gasteiger partial charge is 0.251 e. The fraction of sp³-hybridized carbons (Fsp3) is 0.130. The first kappa shape index (κ1) is 18.8. The molecule has 3 N–H and O–H groups in total. The molecule has 6 heteroatoms. The van der Waals surface area contributed by atoms with Crippen molar-refractivity contribution >= 4 is 16.9 Å². The summed E-state index contributed by atoms with van der Waals surface area (Å²) in [5, 5.41) is 12.6. The van der Waals surface area contributed by atoms with Gasteiger partial charge in [0.25, 0.3) is 5.91 Å². The number of benzene rings is 2. The van der Waals surface area contributed by atoms with Crippen LogP contribution in [-0.2, 0) is 0 Å². The molecule has 0 saturated heterocycles. The number of carbonyl (C=O) groups excluding carboxylic acids is 1. The van der Waals surface area contributed by atoms with Crippen molar-refractivity contribution in [1.29, 1.82) is 0 Å². The highest BCUT2D eigenvalue weighted by Crippen LogP contribution is 2.27. The standard InChI is InChI=1S/C23H20FN3O2/c24-20-7-5-15(6-8-20)21-13-18-12-19(14-26-22(18)27-21)16-3-1-4-17(11-16)23(29)25-9-2-10-28/h1,3-8,11-14,28H,2,9-10H2,(H,25,29)(H,26,27). The number of hydrogen-bond acceptors (Lipinski definition) is 3. The lowest BCUT2D eigenvalue weighted by Gasteiger charge is -2.07. The Morgan fingerprint density at radius 2 is 1.86 bits per heavy atom. The van der Waals surface area contributed by atoms with Gasteiger partial charge in [0.15, 0.2) is 0 Å². The summed E-state index contributed by atoms with van der Waals surface area (Å²) in [6, 6.07) is 17.6. The number of aliphatic hydroxyl groups excluding tert-OH is 1.